The number of aromatic nitrogens is 1. The zero-order valence-corrected chi connectivity index (χ0v) is 12.1. The summed E-state index contributed by atoms with van der Waals surface area (Å²) in [4.78, 5) is 0. The Morgan fingerprint density at radius 1 is 0.714 bits per heavy atom. The minimum atomic E-state index is 0.988. The maximum Gasteiger partial charge on any atom is 0.0497 e. The number of hydrogen-bond donors (Lipinski definition) is 0. The number of aryl methyl sites for hydroxylation is 1. The van der Waals surface area contributed by atoms with Gasteiger partial charge in [0.05, 0.1) is 0 Å². The van der Waals surface area contributed by atoms with Crippen LogP contribution in [0.15, 0.2) is 72.8 Å². The summed E-state index contributed by atoms with van der Waals surface area (Å²) in [6, 6.07) is 26.0. The molecule has 0 aliphatic rings. The van der Waals surface area contributed by atoms with Gasteiger partial charge in [0, 0.05) is 28.4 Å². The molecular weight excluding hydrogens is 254 g/mol. The van der Waals surface area contributed by atoms with Gasteiger partial charge in [-0.05, 0) is 30.2 Å². The minimum Gasteiger partial charge on any atom is -0.341 e. The molecule has 4 aromatic rings. The van der Waals surface area contributed by atoms with Gasteiger partial charge in [-0.2, -0.15) is 0 Å². The fourth-order valence-electron chi connectivity index (χ4n) is 3.30. The molecule has 0 unspecified atom stereocenters. The first-order chi connectivity index (χ1) is 10.4. The van der Waals surface area contributed by atoms with Crippen LogP contribution in [0.1, 0.15) is 6.92 Å². The Labute approximate surface area is 124 Å². The van der Waals surface area contributed by atoms with Gasteiger partial charge in [0.1, 0.15) is 0 Å². The van der Waals surface area contributed by atoms with E-state index < -0.39 is 0 Å². The fraction of sp³-hybridized carbons (Fsp3) is 0.100. The molecule has 1 heteroatoms. The first-order valence-electron chi connectivity index (χ1n) is 7.45. The first-order valence-corrected chi connectivity index (χ1v) is 7.45. The number of para-hydroxylation sites is 1. The third-order valence-electron chi connectivity index (χ3n) is 4.20. The average molecular weight is 271 g/mol. The van der Waals surface area contributed by atoms with Crippen molar-refractivity contribution >= 4 is 21.8 Å². The SMILES string of the molecule is CCn1c2ccccc2c2c(-c3ccccc3)cccc21. The van der Waals surface area contributed by atoms with E-state index in [1.54, 1.807) is 0 Å². The lowest BCUT2D eigenvalue weighted by molar-refractivity contribution is 0.827. The van der Waals surface area contributed by atoms with Crippen molar-refractivity contribution in [3.63, 3.8) is 0 Å². The van der Waals surface area contributed by atoms with Crippen LogP contribution in [0.4, 0.5) is 0 Å². The van der Waals surface area contributed by atoms with Crippen LogP contribution >= 0.6 is 0 Å². The van der Waals surface area contributed by atoms with E-state index in [9.17, 15) is 0 Å². The summed E-state index contributed by atoms with van der Waals surface area (Å²) in [7, 11) is 0. The van der Waals surface area contributed by atoms with E-state index in [1.165, 1.54) is 32.9 Å². The molecule has 21 heavy (non-hydrogen) atoms. The van der Waals surface area contributed by atoms with Gasteiger partial charge in [0.2, 0.25) is 0 Å². The Kier molecular flexibility index (Phi) is 2.78. The standard InChI is InChI=1S/C20H17N/c1-2-21-18-13-7-6-11-17(18)20-16(12-8-14-19(20)21)15-9-4-3-5-10-15/h3-14H,2H2,1H3. The number of rotatable bonds is 2. The summed E-state index contributed by atoms with van der Waals surface area (Å²) in [6.45, 7) is 3.20. The molecule has 0 saturated heterocycles. The Morgan fingerprint density at radius 2 is 1.43 bits per heavy atom. The predicted molar refractivity (Wildman–Crippen MR) is 90.6 cm³/mol. The second-order valence-corrected chi connectivity index (χ2v) is 5.33. The van der Waals surface area contributed by atoms with E-state index in [2.05, 4.69) is 84.3 Å². The Balaban J connectivity index is 2.19. The molecule has 3 aromatic carbocycles. The predicted octanol–water partition coefficient (Wildman–Crippen LogP) is 5.48. The quantitative estimate of drug-likeness (QED) is 0.455. The van der Waals surface area contributed by atoms with Crippen LogP contribution in [0, 0.1) is 0 Å². The minimum absolute atomic E-state index is 0.988. The van der Waals surface area contributed by atoms with Gasteiger partial charge in [-0.25, -0.2) is 0 Å². The van der Waals surface area contributed by atoms with Crippen LogP contribution in [0.25, 0.3) is 32.9 Å². The highest BCUT2D eigenvalue weighted by molar-refractivity contribution is 6.14. The summed E-state index contributed by atoms with van der Waals surface area (Å²) in [5, 5.41) is 2.70. The van der Waals surface area contributed by atoms with Crippen LogP contribution in [0.3, 0.4) is 0 Å². The molecule has 0 aliphatic carbocycles. The van der Waals surface area contributed by atoms with Crippen LogP contribution in [0.5, 0.6) is 0 Å². The van der Waals surface area contributed by atoms with Crippen molar-refractivity contribution < 1.29 is 0 Å². The first kappa shape index (κ1) is 12.2. The smallest absolute Gasteiger partial charge is 0.0497 e. The van der Waals surface area contributed by atoms with Crippen molar-refractivity contribution in [1.29, 1.82) is 0 Å². The topological polar surface area (TPSA) is 4.93 Å². The van der Waals surface area contributed by atoms with E-state index in [4.69, 9.17) is 0 Å². The molecule has 0 atom stereocenters. The van der Waals surface area contributed by atoms with Crippen molar-refractivity contribution in [2.75, 3.05) is 0 Å². The van der Waals surface area contributed by atoms with Gasteiger partial charge >= 0.3 is 0 Å². The Morgan fingerprint density at radius 3 is 2.24 bits per heavy atom. The number of nitrogens with zero attached hydrogens (tertiary/aromatic N) is 1. The highest BCUT2D eigenvalue weighted by Gasteiger charge is 2.12. The monoisotopic (exact) mass is 271 g/mol. The zero-order valence-electron chi connectivity index (χ0n) is 12.1. The average Bonchev–Trinajstić information content (AvgIpc) is 2.89. The summed E-state index contributed by atoms with van der Waals surface area (Å²) in [5.41, 5.74) is 5.23. The van der Waals surface area contributed by atoms with Crippen molar-refractivity contribution in [2.24, 2.45) is 0 Å². The molecule has 0 amide bonds. The van der Waals surface area contributed by atoms with E-state index >= 15 is 0 Å². The molecular formula is C20H17N. The Bertz CT molecular complexity index is 917. The largest absolute Gasteiger partial charge is 0.341 e. The molecule has 0 spiro atoms. The molecule has 1 heterocycles. The van der Waals surface area contributed by atoms with Crippen LogP contribution in [-0.2, 0) is 6.54 Å². The fourth-order valence-corrected chi connectivity index (χ4v) is 3.30. The molecule has 0 saturated carbocycles. The molecule has 4 rings (SSSR count). The number of benzene rings is 3. The molecule has 0 aliphatic heterocycles. The lowest BCUT2D eigenvalue weighted by Crippen LogP contribution is -1.92. The normalized spacial score (nSPS) is 11.3. The van der Waals surface area contributed by atoms with Gasteiger partial charge in [-0.15, -0.1) is 0 Å². The van der Waals surface area contributed by atoms with Crippen molar-refractivity contribution in [3.05, 3.63) is 72.8 Å². The van der Waals surface area contributed by atoms with Crippen molar-refractivity contribution in [3.8, 4) is 11.1 Å². The summed E-state index contributed by atoms with van der Waals surface area (Å²) in [5.74, 6) is 0. The molecule has 0 fully saturated rings. The maximum atomic E-state index is 2.40. The van der Waals surface area contributed by atoms with Crippen LogP contribution in [-0.4, -0.2) is 4.57 Å². The lowest BCUT2D eigenvalue weighted by Gasteiger charge is -2.06. The van der Waals surface area contributed by atoms with Gasteiger partial charge in [-0.1, -0.05) is 60.7 Å². The summed E-state index contributed by atoms with van der Waals surface area (Å²) in [6.07, 6.45) is 0. The van der Waals surface area contributed by atoms with Crippen LogP contribution < -0.4 is 0 Å². The number of hydrogen-bond acceptors (Lipinski definition) is 0. The lowest BCUT2D eigenvalue weighted by atomic mass is 9.99. The van der Waals surface area contributed by atoms with E-state index in [1.807, 2.05) is 0 Å². The van der Waals surface area contributed by atoms with E-state index in [0.29, 0.717) is 0 Å². The van der Waals surface area contributed by atoms with Crippen molar-refractivity contribution in [2.45, 2.75) is 13.5 Å². The third-order valence-corrected chi connectivity index (χ3v) is 4.20. The van der Waals surface area contributed by atoms with Gasteiger partial charge in [-0.3, -0.25) is 0 Å². The molecule has 0 bridgehead atoms. The number of fused-ring (bicyclic) bond motifs is 3. The van der Waals surface area contributed by atoms with Gasteiger partial charge in [0.25, 0.3) is 0 Å². The highest BCUT2D eigenvalue weighted by atomic mass is 15.0. The van der Waals surface area contributed by atoms with Gasteiger partial charge in [0.15, 0.2) is 0 Å². The molecule has 1 nitrogen and oxygen atoms in total. The molecule has 102 valence electrons. The second-order valence-electron chi connectivity index (χ2n) is 5.33. The zero-order chi connectivity index (χ0) is 14.2. The molecule has 0 N–H and O–H groups in total. The molecule has 1 aromatic heterocycles. The van der Waals surface area contributed by atoms with Gasteiger partial charge < -0.3 is 4.57 Å². The highest BCUT2D eigenvalue weighted by Crippen LogP contribution is 2.36. The maximum absolute atomic E-state index is 2.40. The third kappa shape index (κ3) is 1.78. The van der Waals surface area contributed by atoms with Crippen molar-refractivity contribution in [1.82, 2.24) is 4.57 Å². The summed E-state index contributed by atoms with van der Waals surface area (Å²) >= 11 is 0. The summed E-state index contributed by atoms with van der Waals surface area (Å²) < 4.78 is 2.40. The Hall–Kier alpha value is -2.54. The van der Waals surface area contributed by atoms with Crippen LogP contribution in [0.2, 0.25) is 0 Å². The van der Waals surface area contributed by atoms with E-state index in [-0.39, 0.29) is 0 Å². The van der Waals surface area contributed by atoms with E-state index in [0.717, 1.165) is 6.54 Å². The second kappa shape index (κ2) is 4.78. The molecule has 0 radical (unpaired) electrons.